The van der Waals surface area contributed by atoms with Gasteiger partial charge in [-0.3, -0.25) is 4.68 Å². The lowest BCUT2D eigenvalue weighted by Gasteiger charge is -2.14. The van der Waals surface area contributed by atoms with E-state index in [0.717, 1.165) is 24.2 Å². The first-order valence-corrected chi connectivity index (χ1v) is 6.13. The maximum Gasteiger partial charge on any atom is 0.145 e. The first-order valence-electron chi connectivity index (χ1n) is 6.13. The van der Waals surface area contributed by atoms with Crippen molar-refractivity contribution in [1.29, 1.82) is 0 Å². The minimum atomic E-state index is 0.181. The molecule has 0 bridgehead atoms. The van der Waals surface area contributed by atoms with E-state index in [1.807, 2.05) is 50.4 Å². The van der Waals surface area contributed by atoms with Crippen LogP contribution >= 0.6 is 0 Å². The molecule has 2 heterocycles. The van der Waals surface area contributed by atoms with E-state index >= 15 is 0 Å². The number of hydrogen-bond donors (Lipinski definition) is 1. The minimum Gasteiger partial charge on any atom is -0.310 e. The Hall–Kier alpha value is -1.75. The molecular formula is C13H19N5. The van der Waals surface area contributed by atoms with Crippen molar-refractivity contribution in [2.75, 3.05) is 7.05 Å². The highest BCUT2D eigenvalue weighted by Crippen LogP contribution is 2.15. The predicted octanol–water partition coefficient (Wildman–Crippen LogP) is 1.41. The van der Waals surface area contributed by atoms with Crippen LogP contribution in [0.5, 0.6) is 0 Å². The number of nitrogens with zero attached hydrogens (tertiary/aromatic N) is 4. The summed E-state index contributed by atoms with van der Waals surface area (Å²) in [5, 5.41) is 7.43. The summed E-state index contributed by atoms with van der Waals surface area (Å²) in [6.07, 6.45) is 7.46. The predicted molar refractivity (Wildman–Crippen MR) is 70.1 cm³/mol. The second-order valence-corrected chi connectivity index (χ2v) is 4.44. The zero-order valence-corrected chi connectivity index (χ0v) is 11.1. The number of nitrogens with one attached hydrogen (secondary N) is 1. The number of hydrogen-bond acceptors (Lipinski definition) is 4. The van der Waals surface area contributed by atoms with Gasteiger partial charge >= 0.3 is 0 Å². The van der Waals surface area contributed by atoms with Gasteiger partial charge in [-0.1, -0.05) is 0 Å². The lowest BCUT2D eigenvalue weighted by molar-refractivity contribution is 0.509. The Balaban J connectivity index is 2.01. The maximum absolute atomic E-state index is 4.38. The summed E-state index contributed by atoms with van der Waals surface area (Å²) in [7, 11) is 3.91. The molecule has 0 aliphatic carbocycles. The van der Waals surface area contributed by atoms with Gasteiger partial charge in [-0.15, -0.1) is 0 Å². The Kier molecular flexibility index (Phi) is 4.04. The van der Waals surface area contributed by atoms with Crippen LogP contribution in [0.1, 0.15) is 29.5 Å². The van der Waals surface area contributed by atoms with Crippen molar-refractivity contribution in [2.45, 2.75) is 25.8 Å². The van der Waals surface area contributed by atoms with Crippen molar-refractivity contribution in [2.24, 2.45) is 7.05 Å². The van der Waals surface area contributed by atoms with Crippen LogP contribution in [0, 0.1) is 6.92 Å². The molecule has 0 aliphatic heterocycles. The van der Waals surface area contributed by atoms with Crippen molar-refractivity contribution in [3.8, 4) is 0 Å². The lowest BCUT2D eigenvalue weighted by Crippen LogP contribution is -2.20. The van der Waals surface area contributed by atoms with Gasteiger partial charge in [-0.2, -0.15) is 5.10 Å². The van der Waals surface area contributed by atoms with Crippen LogP contribution in [0.3, 0.4) is 0 Å². The summed E-state index contributed by atoms with van der Waals surface area (Å²) in [5.74, 6) is 0.852. The summed E-state index contributed by atoms with van der Waals surface area (Å²) < 4.78 is 1.91. The largest absolute Gasteiger partial charge is 0.310 e. The third-order valence-electron chi connectivity index (χ3n) is 3.07. The molecule has 0 aliphatic rings. The standard InChI is InChI=1S/C13H19N5/c1-10-8-15-13(16-9-10)12(14-2)5-4-11-6-7-17-18(11)3/h6-9,12,14H,4-5H2,1-3H3. The van der Waals surface area contributed by atoms with Gasteiger partial charge in [0.2, 0.25) is 0 Å². The summed E-state index contributed by atoms with van der Waals surface area (Å²) in [6, 6.07) is 2.23. The summed E-state index contributed by atoms with van der Waals surface area (Å²) in [5.41, 5.74) is 2.31. The molecule has 2 aromatic heterocycles. The fraction of sp³-hybridized carbons (Fsp3) is 0.462. The Morgan fingerprint density at radius 2 is 2.06 bits per heavy atom. The van der Waals surface area contributed by atoms with E-state index in [0.29, 0.717) is 0 Å². The first kappa shape index (κ1) is 12.7. The third-order valence-corrected chi connectivity index (χ3v) is 3.07. The fourth-order valence-electron chi connectivity index (χ4n) is 1.92. The molecule has 0 radical (unpaired) electrons. The summed E-state index contributed by atoms with van der Waals surface area (Å²) in [4.78, 5) is 8.75. The average Bonchev–Trinajstić information content (AvgIpc) is 2.78. The molecule has 96 valence electrons. The molecule has 0 spiro atoms. The highest BCUT2D eigenvalue weighted by molar-refractivity contribution is 5.06. The van der Waals surface area contributed by atoms with Gasteiger partial charge in [0.25, 0.3) is 0 Å². The SMILES string of the molecule is CNC(CCc1ccnn1C)c1ncc(C)cn1. The zero-order valence-electron chi connectivity index (χ0n) is 11.1. The van der Waals surface area contributed by atoms with E-state index in [1.165, 1.54) is 5.69 Å². The van der Waals surface area contributed by atoms with Crippen LogP contribution in [-0.2, 0) is 13.5 Å². The Labute approximate surface area is 107 Å². The smallest absolute Gasteiger partial charge is 0.145 e. The van der Waals surface area contributed by atoms with Gasteiger partial charge in [0.15, 0.2) is 0 Å². The lowest BCUT2D eigenvalue weighted by atomic mass is 10.1. The van der Waals surface area contributed by atoms with Crippen LogP contribution in [-0.4, -0.2) is 26.8 Å². The molecule has 2 aromatic rings. The van der Waals surface area contributed by atoms with E-state index in [-0.39, 0.29) is 6.04 Å². The van der Waals surface area contributed by atoms with E-state index in [2.05, 4.69) is 20.4 Å². The molecule has 0 saturated carbocycles. The molecule has 2 rings (SSSR count). The van der Waals surface area contributed by atoms with Crippen molar-refractivity contribution in [3.63, 3.8) is 0 Å². The van der Waals surface area contributed by atoms with Gasteiger partial charge < -0.3 is 5.32 Å². The van der Waals surface area contributed by atoms with Crippen LogP contribution in [0.25, 0.3) is 0 Å². The molecule has 0 amide bonds. The van der Waals surface area contributed by atoms with Gasteiger partial charge in [-0.25, -0.2) is 9.97 Å². The second-order valence-electron chi connectivity index (χ2n) is 4.44. The topological polar surface area (TPSA) is 55.6 Å². The van der Waals surface area contributed by atoms with Crippen molar-refractivity contribution in [1.82, 2.24) is 25.1 Å². The molecule has 18 heavy (non-hydrogen) atoms. The Morgan fingerprint density at radius 3 is 2.61 bits per heavy atom. The fourth-order valence-corrected chi connectivity index (χ4v) is 1.92. The van der Waals surface area contributed by atoms with Crippen LogP contribution < -0.4 is 5.32 Å². The Morgan fingerprint density at radius 1 is 1.33 bits per heavy atom. The summed E-state index contributed by atoms with van der Waals surface area (Å²) in [6.45, 7) is 1.99. The van der Waals surface area contributed by atoms with Crippen molar-refractivity contribution >= 4 is 0 Å². The molecule has 0 saturated heterocycles. The monoisotopic (exact) mass is 245 g/mol. The van der Waals surface area contributed by atoms with Crippen molar-refractivity contribution in [3.05, 3.63) is 41.7 Å². The highest BCUT2D eigenvalue weighted by atomic mass is 15.2. The number of rotatable bonds is 5. The number of aryl methyl sites for hydroxylation is 3. The molecule has 5 heteroatoms. The molecule has 0 aromatic carbocycles. The normalized spacial score (nSPS) is 12.6. The zero-order chi connectivity index (χ0) is 13.0. The maximum atomic E-state index is 4.38. The molecule has 1 N–H and O–H groups in total. The van der Waals surface area contributed by atoms with Gasteiger partial charge in [-0.05, 0) is 38.4 Å². The molecule has 0 fully saturated rings. The minimum absolute atomic E-state index is 0.181. The first-order chi connectivity index (χ1) is 8.70. The van der Waals surface area contributed by atoms with Crippen molar-refractivity contribution < 1.29 is 0 Å². The molecule has 1 unspecified atom stereocenters. The molecule has 1 atom stereocenters. The quantitative estimate of drug-likeness (QED) is 0.865. The van der Waals surface area contributed by atoms with Gasteiger partial charge in [0.1, 0.15) is 5.82 Å². The van der Waals surface area contributed by atoms with E-state index < -0.39 is 0 Å². The van der Waals surface area contributed by atoms with Crippen LogP contribution in [0.4, 0.5) is 0 Å². The van der Waals surface area contributed by atoms with Crippen LogP contribution in [0.15, 0.2) is 24.7 Å². The van der Waals surface area contributed by atoms with Gasteiger partial charge in [0, 0.05) is 31.3 Å². The van der Waals surface area contributed by atoms with Gasteiger partial charge in [0.05, 0.1) is 6.04 Å². The molecular weight excluding hydrogens is 226 g/mol. The summed E-state index contributed by atoms with van der Waals surface area (Å²) >= 11 is 0. The number of aromatic nitrogens is 4. The van der Waals surface area contributed by atoms with Crippen LogP contribution in [0.2, 0.25) is 0 Å². The third kappa shape index (κ3) is 2.92. The Bertz CT molecular complexity index is 488. The second kappa shape index (κ2) is 5.73. The average molecular weight is 245 g/mol. The molecule has 5 nitrogen and oxygen atoms in total. The highest BCUT2D eigenvalue weighted by Gasteiger charge is 2.12. The van der Waals surface area contributed by atoms with E-state index in [1.54, 1.807) is 0 Å². The van der Waals surface area contributed by atoms with E-state index in [9.17, 15) is 0 Å². The van der Waals surface area contributed by atoms with E-state index in [4.69, 9.17) is 0 Å².